The second-order valence-electron chi connectivity index (χ2n) is 6.30. The molecule has 0 aliphatic heterocycles. The molecular weight excluding hydrogens is 216 g/mol. The number of allylic oxidation sites excluding steroid dienone is 2. The fraction of sp³-hybridized carbons (Fsp3) is 0.556. The van der Waals surface area contributed by atoms with Crippen LogP contribution in [0.4, 0.5) is 0 Å². The molecule has 0 unspecified atom stereocenters. The van der Waals surface area contributed by atoms with E-state index in [1.54, 1.807) is 0 Å². The van der Waals surface area contributed by atoms with E-state index < -0.39 is 0 Å². The third-order valence-electron chi connectivity index (χ3n) is 3.89. The van der Waals surface area contributed by atoms with Crippen LogP contribution in [0.5, 0.6) is 0 Å². The van der Waals surface area contributed by atoms with Gasteiger partial charge in [0.1, 0.15) is 0 Å². The van der Waals surface area contributed by atoms with Gasteiger partial charge in [-0.25, -0.2) is 0 Å². The zero-order valence-electron chi connectivity index (χ0n) is 12.9. The first-order valence-electron chi connectivity index (χ1n) is 7.13. The second kappa shape index (κ2) is 6.22. The quantitative estimate of drug-likeness (QED) is 0.621. The highest BCUT2D eigenvalue weighted by atomic mass is 14.2. The van der Waals surface area contributed by atoms with Gasteiger partial charge >= 0.3 is 0 Å². The van der Waals surface area contributed by atoms with Crippen LogP contribution in [-0.4, -0.2) is 0 Å². The standard InChI is InChI=1S/C18H28/c1-7-8-9-16-10-12-17(13-11-16)14(2)15(3)18(4,5)6/h10-13H,7-9H2,1-6H3/b15-14+. The van der Waals surface area contributed by atoms with E-state index in [9.17, 15) is 0 Å². The van der Waals surface area contributed by atoms with Crippen LogP contribution in [0.15, 0.2) is 29.8 Å². The monoisotopic (exact) mass is 244 g/mol. The maximum atomic E-state index is 2.28. The van der Waals surface area contributed by atoms with E-state index >= 15 is 0 Å². The van der Waals surface area contributed by atoms with Gasteiger partial charge in [-0.05, 0) is 48.8 Å². The fourth-order valence-corrected chi connectivity index (χ4v) is 2.08. The summed E-state index contributed by atoms with van der Waals surface area (Å²) in [6.45, 7) is 13.6. The Morgan fingerprint density at radius 2 is 1.56 bits per heavy atom. The van der Waals surface area contributed by atoms with Crippen molar-refractivity contribution in [3.63, 3.8) is 0 Å². The normalized spacial score (nSPS) is 13.4. The highest BCUT2D eigenvalue weighted by molar-refractivity contribution is 5.67. The lowest BCUT2D eigenvalue weighted by atomic mass is 9.83. The minimum Gasteiger partial charge on any atom is -0.0654 e. The van der Waals surface area contributed by atoms with Crippen LogP contribution in [0.3, 0.4) is 0 Å². The summed E-state index contributed by atoms with van der Waals surface area (Å²) < 4.78 is 0. The van der Waals surface area contributed by atoms with Gasteiger partial charge in [0.15, 0.2) is 0 Å². The number of rotatable bonds is 4. The molecule has 100 valence electrons. The average Bonchev–Trinajstić information content (AvgIpc) is 2.34. The van der Waals surface area contributed by atoms with Gasteiger partial charge in [0.25, 0.3) is 0 Å². The molecule has 0 amide bonds. The van der Waals surface area contributed by atoms with E-state index in [4.69, 9.17) is 0 Å². The molecule has 0 N–H and O–H groups in total. The fourth-order valence-electron chi connectivity index (χ4n) is 2.08. The van der Waals surface area contributed by atoms with Gasteiger partial charge in [-0.15, -0.1) is 0 Å². The Kier molecular flexibility index (Phi) is 5.19. The summed E-state index contributed by atoms with van der Waals surface area (Å²) in [6, 6.07) is 9.11. The van der Waals surface area contributed by atoms with Gasteiger partial charge < -0.3 is 0 Å². The summed E-state index contributed by atoms with van der Waals surface area (Å²) in [5.41, 5.74) is 5.98. The lowest BCUT2D eigenvalue weighted by Gasteiger charge is -2.22. The van der Waals surface area contributed by atoms with Gasteiger partial charge in [-0.3, -0.25) is 0 Å². The van der Waals surface area contributed by atoms with Crippen molar-refractivity contribution in [2.75, 3.05) is 0 Å². The maximum Gasteiger partial charge on any atom is -0.0170 e. The van der Waals surface area contributed by atoms with Crippen molar-refractivity contribution in [1.29, 1.82) is 0 Å². The molecule has 0 aromatic heterocycles. The minimum atomic E-state index is 0.255. The van der Waals surface area contributed by atoms with Crippen LogP contribution in [-0.2, 0) is 6.42 Å². The first kappa shape index (κ1) is 15.0. The van der Waals surface area contributed by atoms with Crippen molar-refractivity contribution in [3.8, 4) is 0 Å². The van der Waals surface area contributed by atoms with Crippen LogP contribution < -0.4 is 0 Å². The van der Waals surface area contributed by atoms with E-state index in [0.29, 0.717) is 0 Å². The molecule has 0 aliphatic rings. The van der Waals surface area contributed by atoms with Gasteiger partial charge in [0, 0.05) is 0 Å². The van der Waals surface area contributed by atoms with Crippen LogP contribution >= 0.6 is 0 Å². The van der Waals surface area contributed by atoms with E-state index in [0.717, 1.165) is 0 Å². The summed E-state index contributed by atoms with van der Waals surface area (Å²) in [6.07, 6.45) is 3.76. The summed E-state index contributed by atoms with van der Waals surface area (Å²) in [4.78, 5) is 0. The highest BCUT2D eigenvalue weighted by Gasteiger charge is 2.15. The van der Waals surface area contributed by atoms with E-state index in [-0.39, 0.29) is 5.41 Å². The first-order valence-corrected chi connectivity index (χ1v) is 7.13. The van der Waals surface area contributed by atoms with Crippen molar-refractivity contribution < 1.29 is 0 Å². The topological polar surface area (TPSA) is 0 Å². The van der Waals surface area contributed by atoms with Crippen molar-refractivity contribution in [1.82, 2.24) is 0 Å². The van der Waals surface area contributed by atoms with Crippen LogP contribution in [0, 0.1) is 5.41 Å². The molecule has 0 nitrogen and oxygen atoms in total. The van der Waals surface area contributed by atoms with Crippen molar-refractivity contribution in [3.05, 3.63) is 41.0 Å². The Morgan fingerprint density at radius 1 is 1.00 bits per heavy atom. The van der Waals surface area contributed by atoms with Gasteiger partial charge in [0.05, 0.1) is 0 Å². The van der Waals surface area contributed by atoms with Gasteiger partial charge in [-0.2, -0.15) is 0 Å². The number of benzene rings is 1. The van der Waals surface area contributed by atoms with Gasteiger partial charge in [-0.1, -0.05) is 64.0 Å². The third kappa shape index (κ3) is 4.01. The predicted molar refractivity (Wildman–Crippen MR) is 82.8 cm³/mol. The SMILES string of the molecule is CCCCc1ccc(/C(C)=C(\C)C(C)(C)C)cc1. The van der Waals surface area contributed by atoms with Crippen LogP contribution in [0.2, 0.25) is 0 Å². The molecule has 0 saturated heterocycles. The molecule has 0 saturated carbocycles. The van der Waals surface area contributed by atoms with Crippen LogP contribution in [0.1, 0.15) is 65.5 Å². The largest absolute Gasteiger partial charge is 0.0654 e. The highest BCUT2D eigenvalue weighted by Crippen LogP contribution is 2.31. The minimum absolute atomic E-state index is 0.255. The Labute approximate surface area is 113 Å². The summed E-state index contributed by atoms with van der Waals surface area (Å²) in [5, 5.41) is 0. The van der Waals surface area contributed by atoms with E-state index in [1.165, 1.54) is 41.5 Å². The molecule has 0 radical (unpaired) electrons. The Morgan fingerprint density at radius 3 is 2.00 bits per heavy atom. The van der Waals surface area contributed by atoms with E-state index in [1.807, 2.05) is 0 Å². The molecule has 0 aliphatic carbocycles. The first-order chi connectivity index (χ1) is 8.36. The molecule has 0 heteroatoms. The smallest absolute Gasteiger partial charge is 0.0170 e. The molecular formula is C18H28. The van der Waals surface area contributed by atoms with Crippen LogP contribution in [0.25, 0.3) is 5.57 Å². The lowest BCUT2D eigenvalue weighted by Crippen LogP contribution is -2.08. The molecule has 0 atom stereocenters. The second-order valence-corrected chi connectivity index (χ2v) is 6.30. The molecule has 18 heavy (non-hydrogen) atoms. The molecule has 0 heterocycles. The number of hydrogen-bond acceptors (Lipinski definition) is 0. The Hall–Kier alpha value is -1.04. The third-order valence-corrected chi connectivity index (χ3v) is 3.89. The number of aryl methyl sites for hydroxylation is 1. The zero-order valence-corrected chi connectivity index (χ0v) is 12.9. The Bertz CT molecular complexity index is 399. The molecule has 1 aromatic carbocycles. The molecule has 0 bridgehead atoms. The van der Waals surface area contributed by atoms with Crippen molar-refractivity contribution >= 4 is 5.57 Å². The lowest BCUT2D eigenvalue weighted by molar-refractivity contribution is 0.505. The van der Waals surface area contributed by atoms with Crippen molar-refractivity contribution in [2.24, 2.45) is 5.41 Å². The molecule has 0 spiro atoms. The summed E-state index contributed by atoms with van der Waals surface area (Å²) >= 11 is 0. The predicted octanol–water partition coefficient (Wildman–Crippen LogP) is 5.87. The molecule has 0 fully saturated rings. The van der Waals surface area contributed by atoms with E-state index in [2.05, 4.69) is 65.8 Å². The zero-order chi connectivity index (χ0) is 13.8. The number of unbranched alkanes of at least 4 members (excludes halogenated alkanes) is 1. The average molecular weight is 244 g/mol. The van der Waals surface area contributed by atoms with Gasteiger partial charge in [0.2, 0.25) is 0 Å². The molecule has 1 rings (SSSR count). The maximum absolute atomic E-state index is 2.28. The molecule has 1 aromatic rings. The Balaban J connectivity index is 2.92. The number of hydrogen-bond donors (Lipinski definition) is 0. The van der Waals surface area contributed by atoms with Crippen molar-refractivity contribution in [2.45, 2.75) is 60.8 Å². The summed E-state index contributed by atoms with van der Waals surface area (Å²) in [7, 11) is 0. The summed E-state index contributed by atoms with van der Waals surface area (Å²) in [5.74, 6) is 0.